The number of aromatic nitrogens is 1. The van der Waals surface area contributed by atoms with Crippen LogP contribution in [-0.4, -0.2) is 17.6 Å². The van der Waals surface area contributed by atoms with Crippen LogP contribution in [0, 0.1) is 5.92 Å². The summed E-state index contributed by atoms with van der Waals surface area (Å²) in [5, 5.41) is 5.77. The van der Waals surface area contributed by atoms with Gasteiger partial charge in [0.05, 0.1) is 11.2 Å². The number of rotatable bonds is 4. The van der Waals surface area contributed by atoms with Crippen molar-refractivity contribution in [2.45, 2.75) is 38.6 Å². The molecule has 1 saturated carbocycles. The maximum absolute atomic E-state index is 4.28. The molecule has 2 nitrogen and oxygen atoms in total. The molecule has 2 rings (SSSR count). The fraction of sp³-hybridized carbons (Fsp3) is 0.727. The zero-order chi connectivity index (χ0) is 9.80. The van der Waals surface area contributed by atoms with E-state index < -0.39 is 0 Å². The van der Waals surface area contributed by atoms with Crippen molar-refractivity contribution in [2.75, 3.05) is 6.54 Å². The Morgan fingerprint density at radius 2 is 2.50 bits per heavy atom. The van der Waals surface area contributed by atoms with Crippen LogP contribution in [0.3, 0.4) is 0 Å². The van der Waals surface area contributed by atoms with E-state index in [2.05, 4.69) is 22.6 Å². The second-order valence-electron chi connectivity index (χ2n) is 4.20. The third kappa shape index (κ3) is 2.55. The first-order chi connectivity index (χ1) is 6.86. The normalized spacial score (nSPS) is 26.9. The first-order valence-corrected chi connectivity index (χ1v) is 6.41. The molecule has 0 bridgehead atoms. The third-order valence-corrected chi connectivity index (χ3v) is 3.77. The van der Waals surface area contributed by atoms with Gasteiger partial charge < -0.3 is 5.32 Å². The van der Waals surface area contributed by atoms with Crippen LogP contribution in [0.1, 0.15) is 31.9 Å². The summed E-state index contributed by atoms with van der Waals surface area (Å²) in [5.41, 5.74) is 3.14. The van der Waals surface area contributed by atoms with Gasteiger partial charge in [-0.25, -0.2) is 4.98 Å². The van der Waals surface area contributed by atoms with Gasteiger partial charge in [-0.2, -0.15) is 0 Å². The lowest BCUT2D eigenvalue weighted by Gasteiger charge is -2.16. The van der Waals surface area contributed by atoms with E-state index in [1.807, 2.05) is 5.51 Å². The van der Waals surface area contributed by atoms with Crippen molar-refractivity contribution in [1.82, 2.24) is 10.3 Å². The van der Waals surface area contributed by atoms with Crippen molar-refractivity contribution in [2.24, 2.45) is 5.92 Å². The Bertz CT molecular complexity index is 258. The van der Waals surface area contributed by atoms with E-state index in [0.29, 0.717) is 0 Å². The molecular formula is C11H18N2S. The molecule has 1 N–H and O–H groups in total. The Balaban J connectivity index is 1.68. The van der Waals surface area contributed by atoms with E-state index in [4.69, 9.17) is 0 Å². The molecule has 3 heteroatoms. The Morgan fingerprint density at radius 1 is 1.57 bits per heavy atom. The summed E-state index contributed by atoms with van der Waals surface area (Å²) in [7, 11) is 0. The van der Waals surface area contributed by atoms with E-state index in [-0.39, 0.29) is 0 Å². The Kier molecular flexibility index (Phi) is 3.54. The third-order valence-electron chi connectivity index (χ3n) is 3.13. The second-order valence-corrected chi connectivity index (χ2v) is 4.92. The van der Waals surface area contributed by atoms with Gasteiger partial charge in [-0.05, 0) is 18.8 Å². The molecule has 78 valence electrons. The van der Waals surface area contributed by atoms with E-state index in [1.54, 1.807) is 11.3 Å². The van der Waals surface area contributed by atoms with Crippen LogP contribution in [0.5, 0.6) is 0 Å². The first-order valence-electron chi connectivity index (χ1n) is 5.46. The van der Waals surface area contributed by atoms with Crippen molar-refractivity contribution < 1.29 is 0 Å². The van der Waals surface area contributed by atoms with Gasteiger partial charge in [0.15, 0.2) is 0 Å². The number of nitrogens with one attached hydrogen (secondary N) is 1. The minimum Gasteiger partial charge on any atom is -0.313 e. The minimum atomic E-state index is 0.758. The van der Waals surface area contributed by atoms with Crippen LogP contribution in [0.25, 0.3) is 0 Å². The first kappa shape index (κ1) is 10.1. The second kappa shape index (κ2) is 4.89. The molecule has 2 atom stereocenters. The molecule has 1 aliphatic carbocycles. The van der Waals surface area contributed by atoms with Crippen molar-refractivity contribution in [3.8, 4) is 0 Å². The van der Waals surface area contributed by atoms with Crippen molar-refractivity contribution in [3.63, 3.8) is 0 Å². The number of thiazole rings is 1. The highest BCUT2D eigenvalue weighted by Gasteiger charge is 2.22. The molecule has 0 spiro atoms. The molecule has 0 aromatic carbocycles. The molecule has 0 saturated heterocycles. The summed E-state index contributed by atoms with van der Waals surface area (Å²) in [4.78, 5) is 4.28. The molecule has 0 aliphatic heterocycles. The molecule has 0 amide bonds. The standard InChI is InChI=1S/C11H18N2S/c1-9-3-2-4-11(9)12-6-5-10-7-14-8-13-10/h7-9,11-12H,2-6H2,1H3. The number of hydrogen-bond acceptors (Lipinski definition) is 3. The fourth-order valence-electron chi connectivity index (χ4n) is 2.20. The van der Waals surface area contributed by atoms with Gasteiger partial charge in [0.2, 0.25) is 0 Å². The highest BCUT2D eigenvalue weighted by Crippen LogP contribution is 2.24. The van der Waals surface area contributed by atoms with Crippen LogP contribution >= 0.6 is 11.3 Å². The van der Waals surface area contributed by atoms with Crippen LogP contribution < -0.4 is 5.32 Å². The molecule has 1 aromatic heterocycles. The number of nitrogens with zero attached hydrogens (tertiary/aromatic N) is 1. The lowest BCUT2D eigenvalue weighted by Crippen LogP contribution is -2.32. The number of hydrogen-bond donors (Lipinski definition) is 1. The maximum atomic E-state index is 4.28. The largest absolute Gasteiger partial charge is 0.313 e. The topological polar surface area (TPSA) is 24.9 Å². The monoisotopic (exact) mass is 210 g/mol. The smallest absolute Gasteiger partial charge is 0.0794 e. The van der Waals surface area contributed by atoms with Crippen LogP contribution in [0.4, 0.5) is 0 Å². The van der Waals surface area contributed by atoms with E-state index in [0.717, 1.165) is 24.9 Å². The quantitative estimate of drug-likeness (QED) is 0.825. The predicted molar refractivity (Wildman–Crippen MR) is 60.6 cm³/mol. The summed E-state index contributed by atoms with van der Waals surface area (Å²) < 4.78 is 0. The summed E-state index contributed by atoms with van der Waals surface area (Å²) in [6.45, 7) is 3.44. The molecule has 2 unspecified atom stereocenters. The van der Waals surface area contributed by atoms with E-state index >= 15 is 0 Å². The molecule has 1 fully saturated rings. The summed E-state index contributed by atoms with van der Waals surface area (Å²) in [6.07, 6.45) is 5.23. The Morgan fingerprint density at radius 3 is 3.14 bits per heavy atom. The molecule has 14 heavy (non-hydrogen) atoms. The zero-order valence-corrected chi connectivity index (χ0v) is 9.52. The fourth-order valence-corrected chi connectivity index (χ4v) is 2.79. The highest BCUT2D eigenvalue weighted by molar-refractivity contribution is 7.07. The average molecular weight is 210 g/mol. The van der Waals surface area contributed by atoms with Gasteiger partial charge >= 0.3 is 0 Å². The summed E-state index contributed by atoms with van der Waals surface area (Å²) in [6, 6.07) is 0.758. The summed E-state index contributed by atoms with van der Waals surface area (Å²) in [5.74, 6) is 0.866. The van der Waals surface area contributed by atoms with Gasteiger partial charge in [-0.1, -0.05) is 13.3 Å². The van der Waals surface area contributed by atoms with Gasteiger partial charge in [0.1, 0.15) is 0 Å². The van der Waals surface area contributed by atoms with Gasteiger partial charge in [-0.15, -0.1) is 11.3 Å². The molecule has 1 aromatic rings. The van der Waals surface area contributed by atoms with E-state index in [1.165, 1.54) is 25.0 Å². The lowest BCUT2D eigenvalue weighted by atomic mass is 10.1. The van der Waals surface area contributed by atoms with Gasteiger partial charge in [0.25, 0.3) is 0 Å². The predicted octanol–water partition coefficient (Wildman–Crippen LogP) is 2.46. The molecule has 1 aliphatic rings. The SMILES string of the molecule is CC1CCCC1NCCc1cscn1. The van der Waals surface area contributed by atoms with Crippen LogP contribution in [0.15, 0.2) is 10.9 Å². The molecule has 1 heterocycles. The zero-order valence-electron chi connectivity index (χ0n) is 8.70. The minimum absolute atomic E-state index is 0.758. The Labute approximate surface area is 89.8 Å². The Hall–Kier alpha value is -0.410. The average Bonchev–Trinajstić information content (AvgIpc) is 2.78. The van der Waals surface area contributed by atoms with Crippen molar-refractivity contribution in [1.29, 1.82) is 0 Å². The van der Waals surface area contributed by atoms with E-state index in [9.17, 15) is 0 Å². The molecular weight excluding hydrogens is 192 g/mol. The van der Waals surface area contributed by atoms with Gasteiger partial charge in [-0.3, -0.25) is 0 Å². The maximum Gasteiger partial charge on any atom is 0.0794 e. The van der Waals surface area contributed by atoms with Crippen molar-refractivity contribution >= 4 is 11.3 Å². The summed E-state index contributed by atoms with van der Waals surface area (Å²) >= 11 is 1.68. The van der Waals surface area contributed by atoms with Crippen LogP contribution in [-0.2, 0) is 6.42 Å². The highest BCUT2D eigenvalue weighted by atomic mass is 32.1. The lowest BCUT2D eigenvalue weighted by molar-refractivity contribution is 0.429. The molecule has 0 radical (unpaired) electrons. The van der Waals surface area contributed by atoms with Gasteiger partial charge in [0, 0.05) is 24.4 Å². The van der Waals surface area contributed by atoms with Crippen molar-refractivity contribution in [3.05, 3.63) is 16.6 Å². The van der Waals surface area contributed by atoms with Crippen LogP contribution in [0.2, 0.25) is 0 Å².